The van der Waals surface area contributed by atoms with Crippen LogP contribution in [0.1, 0.15) is 18.4 Å². The summed E-state index contributed by atoms with van der Waals surface area (Å²) in [6.07, 6.45) is 2.55. The lowest BCUT2D eigenvalue weighted by Crippen LogP contribution is -2.25. The third-order valence-electron chi connectivity index (χ3n) is 3.43. The highest BCUT2D eigenvalue weighted by atomic mass is 16.5. The molecule has 1 aliphatic heterocycles. The van der Waals surface area contributed by atoms with Crippen LogP contribution in [0.2, 0.25) is 0 Å². The second-order valence-electron chi connectivity index (χ2n) is 4.75. The molecule has 110 valence electrons. The van der Waals surface area contributed by atoms with Crippen molar-refractivity contribution < 1.29 is 14.7 Å². The molecule has 0 radical (unpaired) electrons. The molecule has 0 unspecified atom stereocenters. The fourth-order valence-electron chi connectivity index (χ4n) is 2.29. The molecule has 1 saturated heterocycles. The Morgan fingerprint density at radius 3 is 2.75 bits per heavy atom. The Kier molecular flexibility index (Phi) is 5.06. The summed E-state index contributed by atoms with van der Waals surface area (Å²) in [6.45, 7) is 3.86. The molecule has 6 heteroatoms. The molecule has 3 N–H and O–H groups in total. The number of methoxy groups -OCH3 is 1. The topological polar surface area (TPSA) is 80.3 Å². The van der Waals surface area contributed by atoms with Crippen molar-refractivity contribution in [3.63, 3.8) is 0 Å². The molecule has 0 spiro atoms. The van der Waals surface area contributed by atoms with E-state index < -0.39 is 0 Å². The molecule has 0 bridgehead atoms. The van der Waals surface area contributed by atoms with E-state index in [0.29, 0.717) is 23.7 Å². The summed E-state index contributed by atoms with van der Waals surface area (Å²) < 4.78 is 11.0. The van der Waals surface area contributed by atoms with Crippen molar-refractivity contribution in [2.45, 2.75) is 12.8 Å². The van der Waals surface area contributed by atoms with Crippen molar-refractivity contribution >= 4 is 5.84 Å². The molecule has 1 fully saturated rings. The van der Waals surface area contributed by atoms with Crippen LogP contribution in [0.15, 0.2) is 23.4 Å². The lowest BCUT2D eigenvalue weighted by Gasteiger charge is -2.16. The summed E-state index contributed by atoms with van der Waals surface area (Å²) in [7, 11) is 1.57. The first-order valence-electron chi connectivity index (χ1n) is 6.75. The molecule has 0 amide bonds. The molecule has 1 aromatic rings. The average molecular weight is 279 g/mol. The molecule has 0 saturated carbocycles. The van der Waals surface area contributed by atoms with Crippen molar-refractivity contribution in [2.75, 3.05) is 33.4 Å². The standard InChI is InChI=1S/C14H21N3O3/c1-19-13-10-11(14(15)16-18)4-5-12(13)20-9-8-17-6-2-3-7-17/h4-5,10,18H,2-3,6-9H2,1H3,(H2,15,16). The van der Waals surface area contributed by atoms with Crippen LogP contribution in [0, 0.1) is 0 Å². The third-order valence-corrected chi connectivity index (χ3v) is 3.43. The quantitative estimate of drug-likeness (QED) is 0.355. The smallest absolute Gasteiger partial charge is 0.170 e. The van der Waals surface area contributed by atoms with Crippen LogP contribution in [0.4, 0.5) is 0 Å². The second-order valence-corrected chi connectivity index (χ2v) is 4.75. The molecular formula is C14H21N3O3. The van der Waals surface area contributed by atoms with Crippen LogP contribution in [0.3, 0.4) is 0 Å². The zero-order chi connectivity index (χ0) is 14.4. The fraction of sp³-hybridized carbons (Fsp3) is 0.500. The maximum absolute atomic E-state index is 8.67. The Bertz CT molecular complexity index is 471. The Labute approximate surface area is 118 Å². The normalized spacial score (nSPS) is 16.4. The second kappa shape index (κ2) is 7.00. The minimum absolute atomic E-state index is 0.0481. The monoisotopic (exact) mass is 279 g/mol. The van der Waals surface area contributed by atoms with Crippen molar-refractivity contribution in [3.8, 4) is 11.5 Å². The molecule has 0 aromatic heterocycles. The maximum atomic E-state index is 8.67. The predicted molar refractivity (Wildman–Crippen MR) is 76.7 cm³/mol. The number of nitrogens with zero attached hydrogens (tertiary/aromatic N) is 2. The number of likely N-dealkylation sites (tertiary alicyclic amines) is 1. The molecule has 1 aromatic carbocycles. The first-order chi connectivity index (χ1) is 9.74. The largest absolute Gasteiger partial charge is 0.493 e. The SMILES string of the molecule is COc1cc(/C(N)=N/O)ccc1OCCN1CCCC1. The van der Waals surface area contributed by atoms with Gasteiger partial charge in [-0.15, -0.1) is 0 Å². The van der Waals surface area contributed by atoms with E-state index in [0.717, 1.165) is 19.6 Å². The van der Waals surface area contributed by atoms with Crippen LogP contribution < -0.4 is 15.2 Å². The first-order valence-corrected chi connectivity index (χ1v) is 6.75. The molecule has 1 aliphatic rings. The Balaban J connectivity index is 1.96. The molecule has 20 heavy (non-hydrogen) atoms. The molecule has 6 nitrogen and oxygen atoms in total. The van der Waals surface area contributed by atoms with E-state index in [1.54, 1.807) is 25.3 Å². The van der Waals surface area contributed by atoms with Gasteiger partial charge in [0.2, 0.25) is 0 Å². The summed E-state index contributed by atoms with van der Waals surface area (Å²) in [5.41, 5.74) is 6.14. The van der Waals surface area contributed by atoms with Gasteiger partial charge in [-0.05, 0) is 44.1 Å². The highest BCUT2D eigenvalue weighted by Crippen LogP contribution is 2.28. The Hall–Kier alpha value is -1.95. The summed E-state index contributed by atoms with van der Waals surface area (Å²) in [6, 6.07) is 5.21. The van der Waals surface area contributed by atoms with E-state index in [2.05, 4.69) is 10.1 Å². The number of rotatable bonds is 6. The third kappa shape index (κ3) is 3.54. The van der Waals surface area contributed by atoms with Gasteiger partial charge in [-0.25, -0.2) is 0 Å². The maximum Gasteiger partial charge on any atom is 0.170 e. The number of oxime groups is 1. The number of hydrogen-bond donors (Lipinski definition) is 2. The highest BCUT2D eigenvalue weighted by molar-refractivity contribution is 5.97. The zero-order valence-electron chi connectivity index (χ0n) is 11.7. The number of benzene rings is 1. The van der Waals surface area contributed by atoms with Gasteiger partial charge < -0.3 is 20.4 Å². The van der Waals surface area contributed by atoms with E-state index in [1.807, 2.05) is 0 Å². The number of amidine groups is 1. The first kappa shape index (κ1) is 14.5. The summed E-state index contributed by atoms with van der Waals surface area (Å²) in [5.74, 6) is 1.30. The summed E-state index contributed by atoms with van der Waals surface area (Å²) >= 11 is 0. The van der Waals surface area contributed by atoms with Crippen molar-refractivity contribution in [3.05, 3.63) is 23.8 Å². The van der Waals surface area contributed by atoms with Gasteiger partial charge in [0, 0.05) is 12.1 Å². The minimum Gasteiger partial charge on any atom is -0.493 e. The molecule has 1 heterocycles. The van der Waals surface area contributed by atoms with E-state index in [4.69, 9.17) is 20.4 Å². The van der Waals surface area contributed by atoms with Gasteiger partial charge in [0.25, 0.3) is 0 Å². The number of nitrogens with two attached hydrogens (primary N) is 1. The Morgan fingerprint density at radius 1 is 1.35 bits per heavy atom. The van der Waals surface area contributed by atoms with Gasteiger partial charge in [0.05, 0.1) is 7.11 Å². The number of hydrogen-bond acceptors (Lipinski definition) is 5. The molecular weight excluding hydrogens is 258 g/mol. The summed E-state index contributed by atoms with van der Waals surface area (Å²) in [5, 5.41) is 11.6. The lowest BCUT2D eigenvalue weighted by molar-refractivity contribution is 0.230. The van der Waals surface area contributed by atoms with Gasteiger partial charge >= 0.3 is 0 Å². The average Bonchev–Trinajstić information content (AvgIpc) is 3.00. The number of ether oxygens (including phenoxy) is 2. The fourth-order valence-corrected chi connectivity index (χ4v) is 2.29. The van der Waals surface area contributed by atoms with Crippen LogP contribution in [-0.2, 0) is 0 Å². The minimum atomic E-state index is 0.0481. The predicted octanol–water partition coefficient (Wildman–Crippen LogP) is 1.26. The van der Waals surface area contributed by atoms with Crippen LogP contribution in [0.5, 0.6) is 11.5 Å². The zero-order valence-corrected chi connectivity index (χ0v) is 11.7. The van der Waals surface area contributed by atoms with E-state index in [9.17, 15) is 0 Å². The van der Waals surface area contributed by atoms with Crippen molar-refractivity contribution in [1.82, 2.24) is 4.90 Å². The highest BCUT2D eigenvalue weighted by Gasteiger charge is 2.12. The lowest BCUT2D eigenvalue weighted by atomic mass is 10.2. The van der Waals surface area contributed by atoms with Gasteiger partial charge in [-0.3, -0.25) is 4.90 Å². The van der Waals surface area contributed by atoms with Gasteiger partial charge in [-0.1, -0.05) is 5.16 Å². The van der Waals surface area contributed by atoms with Crippen molar-refractivity contribution in [1.29, 1.82) is 0 Å². The van der Waals surface area contributed by atoms with Gasteiger partial charge in [0.1, 0.15) is 6.61 Å². The summed E-state index contributed by atoms with van der Waals surface area (Å²) in [4.78, 5) is 2.39. The van der Waals surface area contributed by atoms with E-state index >= 15 is 0 Å². The van der Waals surface area contributed by atoms with Crippen molar-refractivity contribution in [2.24, 2.45) is 10.9 Å². The van der Waals surface area contributed by atoms with Gasteiger partial charge in [0.15, 0.2) is 17.3 Å². The van der Waals surface area contributed by atoms with Crippen LogP contribution >= 0.6 is 0 Å². The molecule has 0 aliphatic carbocycles. The Morgan fingerprint density at radius 2 is 2.10 bits per heavy atom. The van der Waals surface area contributed by atoms with Crippen LogP contribution in [-0.4, -0.2) is 49.3 Å². The van der Waals surface area contributed by atoms with Crippen LogP contribution in [0.25, 0.3) is 0 Å². The molecule has 0 atom stereocenters. The van der Waals surface area contributed by atoms with Gasteiger partial charge in [-0.2, -0.15) is 0 Å². The molecule has 2 rings (SSSR count). The van der Waals surface area contributed by atoms with E-state index in [-0.39, 0.29) is 5.84 Å². The van der Waals surface area contributed by atoms with E-state index in [1.165, 1.54) is 12.8 Å².